The Balaban J connectivity index is 1.82. The van der Waals surface area contributed by atoms with E-state index in [2.05, 4.69) is 40.6 Å². The minimum absolute atomic E-state index is 0.276. The summed E-state index contributed by atoms with van der Waals surface area (Å²) in [4.78, 5) is 0. The Morgan fingerprint density at radius 1 is 1.42 bits per heavy atom. The van der Waals surface area contributed by atoms with Crippen LogP contribution in [0.2, 0.25) is 0 Å². The molecular formula is C14H17N3OS. The summed E-state index contributed by atoms with van der Waals surface area (Å²) in [5.41, 5.74) is 2.60. The van der Waals surface area contributed by atoms with Gasteiger partial charge in [0.1, 0.15) is 10.8 Å². The summed E-state index contributed by atoms with van der Waals surface area (Å²) in [5.74, 6) is 1.03. The predicted molar refractivity (Wildman–Crippen MR) is 76.9 cm³/mol. The lowest BCUT2D eigenvalue weighted by atomic mass is 10.0. The fraction of sp³-hybridized carbons (Fsp3) is 0.429. The third kappa shape index (κ3) is 2.56. The van der Waals surface area contributed by atoms with Crippen molar-refractivity contribution in [2.45, 2.75) is 32.7 Å². The van der Waals surface area contributed by atoms with Crippen molar-refractivity contribution in [1.29, 1.82) is 0 Å². The van der Waals surface area contributed by atoms with Crippen LogP contribution in [0.15, 0.2) is 18.2 Å². The normalized spacial score (nSPS) is 14.8. The molecule has 0 aliphatic carbocycles. The Morgan fingerprint density at radius 2 is 2.32 bits per heavy atom. The summed E-state index contributed by atoms with van der Waals surface area (Å²) in [6, 6.07) is 6.74. The monoisotopic (exact) mass is 275 g/mol. The summed E-state index contributed by atoms with van der Waals surface area (Å²) in [6.07, 6.45) is 2.02. The van der Waals surface area contributed by atoms with Crippen molar-refractivity contribution in [2.24, 2.45) is 0 Å². The van der Waals surface area contributed by atoms with Crippen molar-refractivity contribution in [3.63, 3.8) is 0 Å². The van der Waals surface area contributed by atoms with Crippen molar-refractivity contribution in [1.82, 2.24) is 10.2 Å². The second kappa shape index (κ2) is 5.17. The van der Waals surface area contributed by atoms with Crippen LogP contribution in [0.5, 0.6) is 5.75 Å². The number of hydrogen-bond acceptors (Lipinski definition) is 5. The number of nitrogens with zero attached hydrogens (tertiary/aromatic N) is 2. The smallest absolute Gasteiger partial charge is 0.206 e. The number of ether oxygens (including phenoxy) is 1. The average Bonchev–Trinajstić information content (AvgIpc) is 3.03. The first-order valence-corrected chi connectivity index (χ1v) is 7.40. The fourth-order valence-electron chi connectivity index (χ4n) is 2.35. The molecule has 2 heterocycles. The van der Waals surface area contributed by atoms with Gasteiger partial charge in [-0.15, -0.1) is 10.2 Å². The molecule has 0 fully saturated rings. The van der Waals surface area contributed by atoms with E-state index in [4.69, 9.17) is 4.74 Å². The lowest BCUT2D eigenvalue weighted by molar-refractivity contribution is 0.357. The van der Waals surface area contributed by atoms with Crippen LogP contribution in [0.25, 0.3) is 0 Å². The number of anilines is 1. The van der Waals surface area contributed by atoms with Gasteiger partial charge in [-0.25, -0.2) is 0 Å². The van der Waals surface area contributed by atoms with Crippen LogP contribution in [-0.4, -0.2) is 16.8 Å². The second-order valence-corrected chi connectivity index (χ2v) is 5.88. The maximum atomic E-state index is 5.55. The molecule has 1 unspecified atom stereocenters. The van der Waals surface area contributed by atoms with Crippen molar-refractivity contribution in [3.05, 3.63) is 34.3 Å². The van der Waals surface area contributed by atoms with Gasteiger partial charge in [-0.05, 0) is 36.6 Å². The van der Waals surface area contributed by atoms with Crippen LogP contribution in [0.3, 0.4) is 0 Å². The van der Waals surface area contributed by atoms with Crippen LogP contribution in [0, 0.1) is 6.92 Å². The number of aryl methyl sites for hydroxylation is 1. The number of rotatable bonds is 4. The van der Waals surface area contributed by atoms with Crippen LogP contribution in [-0.2, 0) is 6.42 Å². The van der Waals surface area contributed by atoms with Gasteiger partial charge in [0.2, 0.25) is 5.13 Å². The maximum Gasteiger partial charge on any atom is 0.206 e. The highest BCUT2D eigenvalue weighted by Gasteiger charge is 2.16. The largest absolute Gasteiger partial charge is 0.493 e. The van der Waals surface area contributed by atoms with Gasteiger partial charge in [0, 0.05) is 6.42 Å². The van der Waals surface area contributed by atoms with E-state index in [9.17, 15) is 0 Å². The molecule has 0 radical (unpaired) electrons. The predicted octanol–water partition coefficient (Wildman–Crippen LogP) is 3.34. The molecule has 0 spiro atoms. The van der Waals surface area contributed by atoms with Gasteiger partial charge in [0.25, 0.3) is 0 Å². The Morgan fingerprint density at radius 3 is 3.05 bits per heavy atom. The van der Waals surface area contributed by atoms with Crippen LogP contribution >= 0.6 is 11.3 Å². The second-order valence-electron chi connectivity index (χ2n) is 4.70. The zero-order valence-electron chi connectivity index (χ0n) is 11.1. The highest BCUT2D eigenvalue weighted by Crippen LogP contribution is 2.31. The standard InChI is InChI=1S/C14H17N3OS/c1-3-12(15-14-17-16-9(2)19-14)10-4-5-13-11(8-10)6-7-18-13/h4-5,8,12H,3,6-7H2,1-2H3,(H,15,17). The molecule has 4 nitrogen and oxygen atoms in total. The summed E-state index contributed by atoms with van der Waals surface area (Å²) in [5, 5.41) is 13.5. The van der Waals surface area contributed by atoms with Gasteiger partial charge in [0.05, 0.1) is 12.6 Å². The van der Waals surface area contributed by atoms with E-state index in [-0.39, 0.29) is 6.04 Å². The zero-order valence-corrected chi connectivity index (χ0v) is 12.0. The lowest BCUT2D eigenvalue weighted by Crippen LogP contribution is -2.09. The molecule has 19 heavy (non-hydrogen) atoms. The van der Waals surface area contributed by atoms with Crippen molar-refractivity contribution < 1.29 is 4.74 Å². The van der Waals surface area contributed by atoms with E-state index in [0.29, 0.717) is 0 Å². The van der Waals surface area contributed by atoms with Gasteiger partial charge in [-0.3, -0.25) is 0 Å². The summed E-state index contributed by atoms with van der Waals surface area (Å²) >= 11 is 1.59. The highest BCUT2D eigenvalue weighted by atomic mass is 32.1. The van der Waals surface area contributed by atoms with Gasteiger partial charge in [0.15, 0.2) is 0 Å². The van der Waals surface area contributed by atoms with Crippen LogP contribution < -0.4 is 10.1 Å². The molecule has 1 aromatic carbocycles. The van der Waals surface area contributed by atoms with Gasteiger partial charge in [-0.2, -0.15) is 0 Å². The molecule has 1 aliphatic rings. The Labute approximate surface area is 116 Å². The Hall–Kier alpha value is -1.62. The molecule has 0 bridgehead atoms. The first kappa shape index (κ1) is 12.4. The number of nitrogens with one attached hydrogen (secondary N) is 1. The molecule has 0 amide bonds. The molecule has 1 N–H and O–H groups in total. The Bertz CT molecular complexity index is 582. The molecule has 0 saturated carbocycles. The first-order chi connectivity index (χ1) is 9.26. The Kier molecular flexibility index (Phi) is 3.38. The maximum absolute atomic E-state index is 5.55. The average molecular weight is 275 g/mol. The number of fused-ring (bicyclic) bond motifs is 1. The lowest BCUT2D eigenvalue weighted by Gasteiger charge is -2.17. The summed E-state index contributed by atoms with van der Waals surface area (Å²) < 4.78 is 5.55. The van der Waals surface area contributed by atoms with Crippen molar-refractivity contribution in [2.75, 3.05) is 11.9 Å². The van der Waals surface area contributed by atoms with Gasteiger partial charge < -0.3 is 10.1 Å². The van der Waals surface area contributed by atoms with E-state index in [0.717, 1.165) is 35.3 Å². The quantitative estimate of drug-likeness (QED) is 0.929. The topological polar surface area (TPSA) is 47.0 Å². The summed E-state index contributed by atoms with van der Waals surface area (Å²) in [6.45, 7) is 4.95. The van der Waals surface area contributed by atoms with E-state index >= 15 is 0 Å². The van der Waals surface area contributed by atoms with Crippen LogP contribution in [0.1, 0.15) is 35.5 Å². The van der Waals surface area contributed by atoms with Gasteiger partial charge in [-0.1, -0.05) is 24.3 Å². The zero-order chi connectivity index (χ0) is 13.2. The first-order valence-electron chi connectivity index (χ1n) is 6.58. The molecule has 1 atom stereocenters. The van der Waals surface area contributed by atoms with E-state index in [1.54, 1.807) is 11.3 Å². The molecule has 1 aliphatic heterocycles. The van der Waals surface area contributed by atoms with Crippen molar-refractivity contribution >= 4 is 16.5 Å². The minimum atomic E-state index is 0.276. The van der Waals surface area contributed by atoms with E-state index < -0.39 is 0 Å². The molecule has 3 rings (SSSR count). The molecular weight excluding hydrogens is 258 g/mol. The minimum Gasteiger partial charge on any atom is -0.493 e. The molecule has 0 saturated heterocycles. The fourth-order valence-corrected chi connectivity index (χ4v) is 2.99. The highest BCUT2D eigenvalue weighted by molar-refractivity contribution is 7.15. The molecule has 5 heteroatoms. The van der Waals surface area contributed by atoms with Crippen LogP contribution in [0.4, 0.5) is 5.13 Å². The van der Waals surface area contributed by atoms with Gasteiger partial charge >= 0.3 is 0 Å². The van der Waals surface area contributed by atoms with Crippen molar-refractivity contribution in [3.8, 4) is 5.75 Å². The van der Waals surface area contributed by atoms with E-state index in [1.165, 1.54) is 11.1 Å². The summed E-state index contributed by atoms with van der Waals surface area (Å²) in [7, 11) is 0. The third-order valence-corrected chi connectivity index (χ3v) is 4.12. The molecule has 2 aromatic rings. The number of benzene rings is 1. The number of hydrogen-bond donors (Lipinski definition) is 1. The number of aromatic nitrogens is 2. The van der Waals surface area contributed by atoms with E-state index in [1.807, 2.05) is 6.92 Å². The molecule has 1 aromatic heterocycles. The molecule has 100 valence electrons. The third-order valence-electron chi connectivity index (χ3n) is 3.35. The SMILES string of the molecule is CCC(Nc1nnc(C)s1)c1ccc2c(c1)CCO2.